The molecule has 0 saturated heterocycles. The van der Waals surface area contributed by atoms with E-state index in [1.54, 1.807) is 6.07 Å². The molecule has 2 aromatic carbocycles. The topological polar surface area (TPSA) is 126 Å². The highest BCUT2D eigenvalue weighted by molar-refractivity contribution is 7.99. The summed E-state index contributed by atoms with van der Waals surface area (Å²) in [4.78, 5) is 25.4. The van der Waals surface area contributed by atoms with Gasteiger partial charge in [-0.2, -0.15) is 0 Å². The first-order valence-corrected chi connectivity index (χ1v) is 9.37. The highest BCUT2D eigenvalue weighted by atomic mass is 32.2. The van der Waals surface area contributed by atoms with Crippen LogP contribution in [0.2, 0.25) is 0 Å². The molecule has 0 aliphatic rings. The molecule has 0 spiro atoms. The highest BCUT2D eigenvalue weighted by Gasteiger charge is 2.21. The number of imidazole rings is 1. The van der Waals surface area contributed by atoms with Crippen LogP contribution in [0.3, 0.4) is 0 Å². The molecule has 5 rings (SSSR count). The predicted octanol–water partition coefficient (Wildman–Crippen LogP) is 3.69. The Bertz CT molecular complexity index is 1540. The minimum absolute atomic E-state index is 0.131. The van der Waals surface area contributed by atoms with E-state index < -0.39 is 39.5 Å². The molecular weight excluding hydrogens is 417 g/mol. The number of aromatic nitrogens is 4. The van der Waals surface area contributed by atoms with Gasteiger partial charge in [0.15, 0.2) is 28.4 Å². The van der Waals surface area contributed by atoms with Gasteiger partial charge < -0.3 is 21.4 Å². The predicted molar refractivity (Wildman–Crippen MR) is 109 cm³/mol. The van der Waals surface area contributed by atoms with E-state index in [2.05, 4.69) is 19.9 Å². The van der Waals surface area contributed by atoms with E-state index in [-0.39, 0.29) is 10.5 Å². The summed E-state index contributed by atoms with van der Waals surface area (Å²) in [7, 11) is 0. The largest absolute Gasteiger partial charge is 0.381 e. The minimum Gasteiger partial charge on any atom is -0.381 e. The summed E-state index contributed by atoms with van der Waals surface area (Å²) >= 11 is 0.643. The molecule has 7 nitrogen and oxygen atoms in total. The standard InChI is InChI=1S/C19H11F3N6OS/c20-6-1-2-7-9(5-6)10-8(3-4-25-18(10)29)14-13(7)26-19(27-14)30-15-11(21)16(23)28-17(24)12(15)22/h1-5H,(H,25,29)(H,26,27)(H4,23,24,28). The van der Waals surface area contributed by atoms with Crippen LogP contribution in [0.1, 0.15) is 0 Å². The summed E-state index contributed by atoms with van der Waals surface area (Å²) < 4.78 is 42.6. The van der Waals surface area contributed by atoms with Gasteiger partial charge in [-0.15, -0.1) is 0 Å². The number of aromatic amines is 2. The fraction of sp³-hybridized carbons (Fsp3) is 0. The van der Waals surface area contributed by atoms with Crippen LogP contribution in [0.15, 0.2) is 45.3 Å². The molecule has 6 N–H and O–H groups in total. The van der Waals surface area contributed by atoms with Crippen molar-refractivity contribution in [1.29, 1.82) is 0 Å². The third-order valence-electron chi connectivity index (χ3n) is 4.71. The second-order valence-electron chi connectivity index (χ2n) is 6.49. The number of benzene rings is 2. The van der Waals surface area contributed by atoms with Crippen molar-refractivity contribution in [1.82, 2.24) is 19.9 Å². The lowest BCUT2D eigenvalue weighted by atomic mass is 10.0. The molecule has 3 aromatic heterocycles. The van der Waals surface area contributed by atoms with Gasteiger partial charge in [0, 0.05) is 22.4 Å². The molecular formula is C19H11F3N6OS. The monoisotopic (exact) mass is 428 g/mol. The first-order chi connectivity index (χ1) is 14.3. The van der Waals surface area contributed by atoms with Gasteiger partial charge in [0.1, 0.15) is 5.82 Å². The average molecular weight is 428 g/mol. The van der Waals surface area contributed by atoms with E-state index in [0.29, 0.717) is 39.0 Å². The summed E-state index contributed by atoms with van der Waals surface area (Å²) in [6.07, 6.45) is 1.45. The van der Waals surface area contributed by atoms with E-state index in [1.165, 1.54) is 24.4 Å². The lowest BCUT2D eigenvalue weighted by Gasteiger charge is -2.06. The van der Waals surface area contributed by atoms with Crippen molar-refractivity contribution in [2.75, 3.05) is 11.5 Å². The second kappa shape index (κ2) is 6.39. The van der Waals surface area contributed by atoms with E-state index in [1.807, 2.05) is 0 Å². The first kappa shape index (κ1) is 18.3. The number of pyridine rings is 2. The number of nitrogens with one attached hydrogen (secondary N) is 2. The van der Waals surface area contributed by atoms with Gasteiger partial charge in [0.25, 0.3) is 5.56 Å². The number of H-pyrrole nitrogens is 2. The van der Waals surface area contributed by atoms with Crippen molar-refractivity contribution in [3.05, 3.63) is 58.3 Å². The van der Waals surface area contributed by atoms with E-state index >= 15 is 0 Å². The van der Waals surface area contributed by atoms with Crippen LogP contribution in [0.25, 0.3) is 32.6 Å². The van der Waals surface area contributed by atoms with E-state index in [0.717, 1.165) is 0 Å². The van der Waals surface area contributed by atoms with Crippen molar-refractivity contribution in [3.63, 3.8) is 0 Å². The van der Waals surface area contributed by atoms with Crippen LogP contribution in [0.4, 0.5) is 24.8 Å². The van der Waals surface area contributed by atoms with E-state index in [9.17, 15) is 18.0 Å². The fourth-order valence-corrected chi connectivity index (χ4v) is 4.29. The molecule has 30 heavy (non-hydrogen) atoms. The van der Waals surface area contributed by atoms with Gasteiger partial charge in [-0.05, 0) is 36.0 Å². The summed E-state index contributed by atoms with van der Waals surface area (Å²) in [5.41, 5.74) is 11.4. The number of hydrogen-bond acceptors (Lipinski definition) is 6. The molecule has 11 heteroatoms. The SMILES string of the molecule is Nc1nc(N)c(F)c(Sc2nc3c4ccc(F)cc4c4c(=O)[nH]ccc4c3[nH]2)c1F. The Hall–Kier alpha value is -3.73. The smallest absolute Gasteiger partial charge is 0.256 e. The number of hydrogen-bond donors (Lipinski definition) is 4. The number of nitrogen functional groups attached to an aromatic ring is 2. The quantitative estimate of drug-likeness (QED) is 0.318. The number of anilines is 2. The zero-order valence-electron chi connectivity index (χ0n) is 14.9. The maximum atomic E-state index is 14.4. The van der Waals surface area contributed by atoms with Gasteiger partial charge in [0.2, 0.25) is 0 Å². The number of rotatable bonds is 2. The van der Waals surface area contributed by atoms with Crippen LogP contribution in [-0.4, -0.2) is 19.9 Å². The van der Waals surface area contributed by atoms with Crippen LogP contribution >= 0.6 is 11.8 Å². The Morgan fingerprint density at radius 1 is 0.933 bits per heavy atom. The van der Waals surface area contributed by atoms with Crippen molar-refractivity contribution in [3.8, 4) is 0 Å². The summed E-state index contributed by atoms with van der Waals surface area (Å²) in [5.74, 6) is -3.69. The normalized spacial score (nSPS) is 11.7. The molecule has 0 radical (unpaired) electrons. The highest BCUT2D eigenvalue weighted by Crippen LogP contribution is 2.38. The number of fused-ring (bicyclic) bond motifs is 6. The Morgan fingerprint density at radius 2 is 1.67 bits per heavy atom. The molecule has 0 bridgehead atoms. The summed E-state index contributed by atoms with van der Waals surface area (Å²) in [6, 6.07) is 5.63. The van der Waals surface area contributed by atoms with Gasteiger partial charge in [0.05, 0.1) is 21.3 Å². The van der Waals surface area contributed by atoms with Crippen molar-refractivity contribution in [2.24, 2.45) is 0 Å². The van der Waals surface area contributed by atoms with Crippen molar-refractivity contribution < 1.29 is 13.2 Å². The van der Waals surface area contributed by atoms with Gasteiger partial charge in [-0.25, -0.2) is 23.1 Å². The Balaban J connectivity index is 1.83. The number of nitrogens with two attached hydrogens (primary N) is 2. The molecule has 0 fully saturated rings. The molecule has 0 saturated carbocycles. The van der Waals surface area contributed by atoms with Crippen LogP contribution < -0.4 is 17.0 Å². The molecule has 0 amide bonds. The molecule has 0 aliphatic carbocycles. The maximum absolute atomic E-state index is 14.4. The van der Waals surface area contributed by atoms with Crippen LogP contribution in [-0.2, 0) is 0 Å². The summed E-state index contributed by atoms with van der Waals surface area (Å²) in [6.45, 7) is 0. The summed E-state index contributed by atoms with van der Waals surface area (Å²) in [5, 5.41) is 1.77. The number of nitrogens with zero attached hydrogens (tertiary/aromatic N) is 2. The maximum Gasteiger partial charge on any atom is 0.256 e. The lowest BCUT2D eigenvalue weighted by Crippen LogP contribution is -2.05. The minimum atomic E-state index is -1.06. The van der Waals surface area contributed by atoms with Crippen molar-refractivity contribution in [2.45, 2.75) is 10.1 Å². The molecule has 150 valence electrons. The van der Waals surface area contributed by atoms with Crippen LogP contribution in [0, 0.1) is 17.5 Å². The van der Waals surface area contributed by atoms with Gasteiger partial charge in [-0.3, -0.25) is 4.79 Å². The molecule has 0 unspecified atom stereocenters. The zero-order chi connectivity index (χ0) is 21.2. The number of halogens is 3. The first-order valence-electron chi connectivity index (χ1n) is 8.55. The molecule has 0 aliphatic heterocycles. The fourth-order valence-electron chi connectivity index (χ4n) is 3.42. The van der Waals surface area contributed by atoms with Crippen LogP contribution in [0.5, 0.6) is 0 Å². The van der Waals surface area contributed by atoms with Gasteiger partial charge >= 0.3 is 0 Å². The van der Waals surface area contributed by atoms with Crippen molar-refractivity contribution >= 4 is 56.0 Å². The van der Waals surface area contributed by atoms with Gasteiger partial charge in [-0.1, -0.05) is 0 Å². The third-order valence-corrected chi connectivity index (χ3v) is 5.66. The Morgan fingerprint density at radius 3 is 2.40 bits per heavy atom. The lowest BCUT2D eigenvalue weighted by molar-refractivity contribution is 0.539. The molecule has 3 heterocycles. The second-order valence-corrected chi connectivity index (χ2v) is 7.49. The zero-order valence-corrected chi connectivity index (χ0v) is 15.7. The third kappa shape index (κ3) is 2.59. The Labute approximate surface area is 169 Å². The Kier molecular flexibility index (Phi) is 3.90. The average Bonchev–Trinajstić information content (AvgIpc) is 3.14. The molecule has 5 aromatic rings. The van der Waals surface area contributed by atoms with E-state index in [4.69, 9.17) is 11.5 Å². The molecule has 0 atom stereocenters.